The third kappa shape index (κ3) is 4.30. The van der Waals surface area contributed by atoms with E-state index in [4.69, 9.17) is 4.74 Å². The van der Waals surface area contributed by atoms with Crippen LogP contribution in [0.2, 0.25) is 0 Å². The molecule has 0 bridgehead atoms. The van der Waals surface area contributed by atoms with Gasteiger partial charge in [-0.1, -0.05) is 47.1 Å². The zero-order valence-electron chi connectivity index (χ0n) is 18.3. The van der Waals surface area contributed by atoms with Crippen LogP contribution in [-0.2, 0) is 4.74 Å². The molecule has 1 aromatic rings. The lowest BCUT2D eigenvalue weighted by atomic mass is 9.66. The molecule has 1 heterocycles. The molecule has 1 nitrogen and oxygen atoms in total. The molecule has 1 fully saturated rings. The Hall–Kier alpha value is -1.34. The van der Waals surface area contributed by atoms with Gasteiger partial charge in [-0.2, -0.15) is 0 Å². The van der Waals surface area contributed by atoms with Crippen molar-refractivity contribution in [1.82, 2.24) is 0 Å². The smallest absolute Gasteiger partial charge is 0.0547 e. The van der Waals surface area contributed by atoms with Crippen LogP contribution in [0.4, 0.5) is 0 Å². The van der Waals surface area contributed by atoms with Gasteiger partial charge in [-0.05, 0) is 107 Å². The summed E-state index contributed by atoms with van der Waals surface area (Å²) in [4.78, 5) is 0. The minimum absolute atomic E-state index is 0.447. The summed E-state index contributed by atoms with van der Waals surface area (Å²) in [5.74, 6) is 2.81. The van der Waals surface area contributed by atoms with E-state index in [0.29, 0.717) is 23.9 Å². The fraction of sp³-hybridized carbons (Fsp3) is 0.630. The molecule has 5 atom stereocenters. The van der Waals surface area contributed by atoms with Gasteiger partial charge in [0.2, 0.25) is 0 Å². The van der Waals surface area contributed by atoms with Crippen molar-refractivity contribution >= 4 is 0 Å². The summed E-state index contributed by atoms with van der Waals surface area (Å²) in [6.07, 6.45) is 14.3. The lowest BCUT2D eigenvalue weighted by Crippen LogP contribution is -2.33. The third-order valence-electron chi connectivity index (χ3n) is 7.66. The van der Waals surface area contributed by atoms with Crippen LogP contribution in [0.25, 0.3) is 0 Å². The monoisotopic (exact) mass is 378 g/mol. The fourth-order valence-corrected chi connectivity index (χ4v) is 5.82. The molecule has 2 aliphatic carbocycles. The first kappa shape index (κ1) is 20.0. The summed E-state index contributed by atoms with van der Waals surface area (Å²) in [6.45, 7) is 10.1. The van der Waals surface area contributed by atoms with Crippen molar-refractivity contribution < 1.29 is 4.74 Å². The average molecular weight is 379 g/mol. The molecule has 3 aliphatic rings. The lowest BCUT2D eigenvalue weighted by molar-refractivity contribution is -0.0268. The van der Waals surface area contributed by atoms with Crippen molar-refractivity contribution in [3.05, 3.63) is 58.2 Å². The van der Waals surface area contributed by atoms with Crippen LogP contribution in [0, 0.1) is 18.8 Å². The Bertz CT molecular complexity index is 748. The fourth-order valence-electron chi connectivity index (χ4n) is 5.82. The molecule has 28 heavy (non-hydrogen) atoms. The maximum atomic E-state index is 6.11. The topological polar surface area (TPSA) is 9.23 Å². The molecule has 0 spiro atoms. The van der Waals surface area contributed by atoms with Gasteiger partial charge in [-0.25, -0.2) is 0 Å². The Morgan fingerprint density at radius 1 is 0.893 bits per heavy atom. The van der Waals surface area contributed by atoms with Crippen molar-refractivity contribution in [3.63, 3.8) is 0 Å². The first-order valence-electron chi connectivity index (χ1n) is 11.5. The average Bonchev–Trinajstić information content (AvgIpc) is 2.69. The minimum Gasteiger partial charge on any atom is -0.378 e. The second-order valence-electron chi connectivity index (χ2n) is 9.90. The number of rotatable bonds is 3. The Morgan fingerprint density at radius 2 is 1.71 bits per heavy atom. The quantitative estimate of drug-likeness (QED) is 0.496. The molecule has 1 heteroatoms. The zero-order valence-corrected chi connectivity index (χ0v) is 18.3. The van der Waals surface area contributed by atoms with Crippen molar-refractivity contribution in [2.24, 2.45) is 11.8 Å². The van der Waals surface area contributed by atoms with Crippen LogP contribution in [0.5, 0.6) is 0 Å². The highest BCUT2D eigenvalue weighted by Crippen LogP contribution is 2.47. The van der Waals surface area contributed by atoms with E-state index in [9.17, 15) is 0 Å². The predicted molar refractivity (Wildman–Crippen MR) is 119 cm³/mol. The van der Waals surface area contributed by atoms with Gasteiger partial charge in [0.1, 0.15) is 0 Å². The number of benzene rings is 1. The van der Waals surface area contributed by atoms with Crippen LogP contribution in [0.3, 0.4) is 0 Å². The SMILES string of the molecule is CC1=CCC(c2ccc(C)cc2C2CC(C)=CCC2C2CCC(C)OC2)CC1. The van der Waals surface area contributed by atoms with E-state index in [1.54, 1.807) is 22.3 Å². The molecular weight excluding hydrogens is 340 g/mol. The molecule has 0 N–H and O–H groups in total. The number of aryl methyl sites for hydroxylation is 1. The second kappa shape index (κ2) is 8.57. The Labute approximate surface area is 172 Å². The van der Waals surface area contributed by atoms with Gasteiger partial charge in [-0.15, -0.1) is 0 Å². The number of hydrogen-bond acceptors (Lipinski definition) is 1. The summed E-state index contributed by atoms with van der Waals surface area (Å²) >= 11 is 0. The van der Waals surface area contributed by atoms with Gasteiger partial charge in [0, 0.05) is 0 Å². The highest BCUT2D eigenvalue weighted by molar-refractivity contribution is 5.40. The van der Waals surface area contributed by atoms with Crippen molar-refractivity contribution in [2.45, 2.75) is 90.6 Å². The number of hydrogen-bond donors (Lipinski definition) is 0. The van der Waals surface area contributed by atoms with E-state index in [1.165, 1.54) is 50.5 Å². The molecule has 1 aromatic carbocycles. The minimum atomic E-state index is 0.447. The van der Waals surface area contributed by atoms with E-state index in [0.717, 1.165) is 12.5 Å². The Morgan fingerprint density at radius 3 is 2.43 bits per heavy atom. The molecule has 0 saturated carbocycles. The highest BCUT2D eigenvalue weighted by atomic mass is 16.5. The van der Waals surface area contributed by atoms with Crippen LogP contribution in [-0.4, -0.2) is 12.7 Å². The maximum absolute atomic E-state index is 6.11. The van der Waals surface area contributed by atoms with Gasteiger partial charge in [0.25, 0.3) is 0 Å². The molecule has 0 radical (unpaired) electrons. The third-order valence-corrected chi connectivity index (χ3v) is 7.66. The van der Waals surface area contributed by atoms with Crippen LogP contribution >= 0.6 is 0 Å². The lowest BCUT2D eigenvalue weighted by Gasteiger charge is -2.41. The normalized spacial score (nSPS) is 33.9. The molecule has 5 unspecified atom stereocenters. The van der Waals surface area contributed by atoms with Crippen molar-refractivity contribution in [1.29, 1.82) is 0 Å². The first-order chi connectivity index (χ1) is 13.5. The van der Waals surface area contributed by atoms with Crippen LogP contribution in [0.15, 0.2) is 41.5 Å². The highest BCUT2D eigenvalue weighted by Gasteiger charge is 2.36. The predicted octanol–water partition coefficient (Wildman–Crippen LogP) is 7.46. The first-order valence-corrected chi connectivity index (χ1v) is 11.5. The van der Waals surface area contributed by atoms with E-state index >= 15 is 0 Å². The molecule has 0 aromatic heterocycles. The summed E-state index contributed by atoms with van der Waals surface area (Å²) in [7, 11) is 0. The van der Waals surface area contributed by atoms with Gasteiger partial charge in [0.15, 0.2) is 0 Å². The summed E-state index contributed by atoms with van der Waals surface area (Å²) in [6, 6.07) is 7.34. The van der Waals surface area contributed by atoms with Gasteiger partial charge in [0.05, 0.1) is 12.7 Å². The number of ether oxygens (including phenoxy) is 1. The summed E-state index contributed by atoms with van der Waals surface area (Å²) in [5, 5.41) is 0. The second-order valence-corrected chi connectivity index (χ2v) is 9.90. The molecule has 152 valence electrons. The van der Waals surface area contributed by atoms with E-state index < -0.39 is 0 Å². The van der Waals surface area contributed by atoms with Gasteiger partial charge >= 0.3 is 0 Å². The zero-order chi connectivity index (χ0) is 19.7. The molecular formula is C27H38O. The summed E-state index contributed by atoms with van der Waals surface area (Å²) in [5.41, 5.74) is 7.88. The van der Waals surface area contributed by atoms with E-state index in [-0.39, 0.29) is 0 Å². The Kier molecular flexibility index (Phi) is 6.11. The van der Waals surface area contributed by atoms with E-state index in [1.807, 2.05) is 0 Å². The molecule has 1 saturated heterocycles. The van der Waals surface area contributed by atoms with Crippen molar-refractivity contribution in [3.8, 4) is 0 Å². The number of allylic oxidation sites excluding steroid dienone is 4. The molecule has 0 amide bonds. The van der Waals surface area contributed by atoms with Crippen molar-refractivity contribution in [2.75, 3.05) is 6.61 Å². The van der Waals surface area contributed by atoms with E-state index in [2.05, 4.69) is 58.0 Å². The molecule has 1 aliphatic heterocycles. The maximum Gasteiger partial charge on any atom is 0.0547 e. The summed E-state index contributed by atoms with van der Waals surface area (Å²) < 4.78 is 6.11. The van der Waals surface area contributed by atoms with Crippen LogP contribution in [0.1, 0.15) is 94.2 Å². The van der Waals surface area contributed by atoms with Gasteiger partial charge in [-0.3, -0.25) is 0 Å². The Balaban J connectivity index is 1.67. The van der Waals surface area contributed by atoms with Crippen LogP contribution < -0.4 is 0 Å². The van der Waals surface area contributed by atoms with Gasteiger partial charge < -0.3 is 4.74 Å². The standard InChI is InChI=1S/C27H38O/c1-18-5-10-22(11-6-18)24-13-7-19(2)15-26(24)27-16-20(3)8-14-25(27)23-12-9-21(4)28-17-23/h5,7-8,13,15,21-23,25,27H,6,9-12,14,16-17H2,1-4H3. The molecule has 4 rings (SSSR count). The largest absolute Gasteiger partial charge is 0.378 e.